The third-order valence-corrected chi connectivity index (χ3v) is 10.7. The highest BCUT2D eigenvalue weighted by Gasteiger charge is 2.41. The van der Waals surface area contributed by atoms with Gasteiger partial charge in [0, 0.05) is 37.5 Å². The highest BCUT2D eigenvalue weighted by Crippen LogP contribution is 2.38. The maximum absolute atomic E-state index is 12.3. The van der Waals surface area contributed by atoms with Crippen LogP contribution in [0.3, 0.4) is 0 Å². The molecule has 1 N–H and O–H groups in total. The fraction of sp³-hybridized carbons (Fsp3) is 0.478. The highest BCUT2D eigenvalue weighted by molar-refractivity contribution is 9.11. The molecule has 0 saturated carbocycles. The standard InChI is InChI=1S/C11H15Br2NO2S.C11H14BrNO2S.CH4/c1-11(2,3)14-17(15,16)10-6-4-5-9(13)8(10)7-12;1-11(2,3)13-7-8-9(12)5-4-6-10(8)16(13,14)15;/h4-6,14H,7H2,1-3H3;4-6H,7H2,1-3H3;1H4. The van der Waals surface area contributed by atoms with E-state index in [1.165, 1.54) is 4.31 Å². The normalized spacial score (nSPS) is 15.7. The van der Waals surface area contributed by atoms with E-state index in [4.69, 9.17) is 0 Å². The van der Waals surface area contributed by atoms with Gasteiger partial charge in [-0.2, -0.15) is 4.31 Å². The summed E-state index contributed by atoms with van der Waals surface area (Å²) in [6.45, 7) is 11.6. The fourth-order valence-electron chi connectivity index (χ4n) is 3.26. The number of benzene rings is 2. The van der Waals surface area contributed by atoms with Gasteiger partial charge in [0.25, 0.3) is 0 Å². The molecule has 0 fully saturated rings. The van der Waals surface area contributed by atoms with Gasteiger partial charge in [-0.15, -0.1) is 0 Å². The van der Waals surface area contributed by atoms with E-state index in [0.717, 1.165) is 20.1 Å². The topological polar surface area (TPSA) is 83.6 Å². The van der Waals surface area contributed by atoms with Crippen molar-refractivity contribution in [2.24, 2.45) is 0 Å². The molecule has 11 heteroatoms. The van der Waals surface area contributed by atoms with Crippen LogP contribution in [0.1, 0.15) is 60.1 Å². The summed E-state index contributed by atoms with van der Waals surface area (Å²) < 4.78 is 54.9. The minimum atomic E-state index is -3.49. The number of halogens is 3. The molecule has 1 aliphatic rings. The molecule has 0 spiro atoms. The van der Waals surface area contributed by atoms with Crippen molar-refractivity contribution in [1.29, 1.82) is 0 Å². The molecule has 0 aromatic heterocycles. The number of alkyl halides is 1. The van der Waals surface area contributed by atoms with Crippen LogP contribution in [0.2, 0.25) is 0 Å². The summed E-state index contributed by atoms with van der Waals surface area (Å²) in [4.78, 5) is 0.732. The minimum absolute atomic E-state index is 0. The molecule has 0 amide bonds. The van der Waals surface area contributed by atoms with Crippen molar-refractivity contribution in [3.63, 3.8) is 0 Å². The predicted molar refractivity (Wildman–Crippen MR) is 150 cm³/mol. The molecule has 1 heterocycles. The monoisotopic (exact) mass is 702 g/mol. The summed E-state index contributed by atoms with van der Waals surface area (Å²) in [6.07, 6.45) is 0. The Morgan fingerprint density at radius 2 is 1.50 bits per heavy atom. The Morgan fingerprint density at radius 3 is 1.97 bits per heavy atom. The zero-order chi connectivity index (χ0) is 25.4. The smallest absolute Gasteiger partial charge is 0.207 e. The molecule has 0 aliphatic carbocycles. The van der Waals surface area contributed by atoms with Crippen LogP contribution in [-0.4, -0.2) is 32.2 Å². The van der Waals surface area contributed by atoms with E-state index in [0.29, 0.717) is 21.7 Å². The summed E-state index contributed by atoms with van der Waals surface area (Å²) in [5, 5.41) is 0.481. The van der Waals surface area contributed by atoms with Gasteiger partial charge in [-0.25, -0.2) is 21.6 Å². The van der Waals surface area contributed by atoms with Crippen molar-refractivity contribution in [1.82, 2.24) is 9.03 Å². The van der Waals surface area contributed by atoms with E-state index in [9.17, 15) is 16.8 Å². The van der Waals surface area contributed by atoms with Gasteiger partial charge in [0.15, 0.2) is 0 Å². The second-order valence-electron chi connectivity index (χ2n) is 9.60. The van der Waals surface area contributed by atoms with Gasteiger partial charge < -0.3 is 0 Å². The van der Waals surface area contributed by atoms with Crippen molar-refractivity contribution in [3.05, 3.63) is 56.5 Å². The molecular weight excluding hydrogens is 672 g/mol. The molecule has 6 nitrogen and oxygen atoms in total. The van der Waals surface area contributed by atoms with Gasteiger partial charge in [0.2, 0.25) is 20.0 Å². The molecule has 192 valence electrons. The number of sulfonamides is 2. The average molecular weight is 705 g/mol. The number of hydrogen-bond acceptors (Lipinski definition) is 4. The molecule has 3 rings (SSSR count). The number of rotatable bonds is 3. The SMILES string of the molecule is C.CC(C)(C)N1Cc2c(Br)cccc2S1(=O)=O.CC(C)(C)NS(=O)(=O)c1cccc(Br)c1CBr. The maximum Gasteiger partial charge on any atom is 0.244 e. The lowest BCUT2D eigenvalue weighted by atomic mass is 10.1. The summed E-state index contributed by atoms with van der Waals surface area (Å²) >= 11 is 10.1. The van der Waals surface area contributed by atoms with Crippen LogP contribution in [0.15, 0.2) is 55.1 Å². The molecule has 0 unspecified atom stereocenters. The van der Waals surface area contributed by atoms with Crippen molar-refractivity contribution in [3.8, 4) is 0 Å². The van der Waals surface area contributed by atoms with Crippen LogP contribution in [-0.2, 0) is 31.9 Å². The van der Waals surface area contributed by atoms with E-state index < -0.39 is 31.1 Å². The summed E-state index contributed by atoms with van der Waals surface area (Å²) in [7, 11) is -6.82. The largest absolute Gasteiger partial charge is 0.244 e. The van der Waals surface area contributed by atoms with Gasteiger partial charge in [-0.3, -0.25) is 0 Å². The first-order chi connectivity index (χ1) is 14.9. The Hall–Kier alpha value is -0.300. The Bertz CT molecular complexity index is 1230. The number of nitrogens with zero attached hydrogens (tertiary/aromatic N) is 1. The molecular formula is C23H33Br3N2O4S2. The first-order valence-corrected chi connectivity index (χ1v) is 15.7. The van der Waals surface area contributed by atoms with Crippen LogP contribution in [0.4, 0.5) is 0 Å². The fourth-order valence-corrected chi connectivity index (χ4v) is 9.36. The van der Waals surface area contributed by atoms with Crippen molar-refractivity contribution < 1.29 is 16.8 Å². The van der Waals surface area contributed by atoms with Gasteiger partial charge in [0.1, 0.15) is 0 Å². The second-order valence-corrected chi connectivity index (χ2v) is 15.4. The summed E-state index contributed by atoms with van der Waals surface area (Å²) in [5.74, 6) is 0. The second kappa shape index (κ2) is 11.4. The molecule has 0 radical (unpaired) electrons. The van der Waals surface area contributed by atoms with E-state index in [1.54, 1.807) is 24.3 Å². The van der Waals surface area contributed by atoms with Crippen LogP contribution in [0.25, 0.3) is 0 Å². The first kappa shape index (κ1) is 31.7. The van der Waals surface area contributed by atoms with Crippen LogP contribution in [0.5, 0.6) is 0 Å². The first-order valence-electron chi connectivity index (χ1n) is 10.1. The minimum Gasteiger partial charge on any atom is -0.207 e. The van der Waals surface area contributed by atoms with Gasteiger partial charge in [-0.05, 0) is 71.4 Å². The lowest BCUT2D eigenvalue weighted by Gasteiger charge is -2.29. The van der Waals surface area contributed by atoms with Crippen molar-refractivity contribution in [2.45, 2.75) is 81.7 Å². The molecule has 1 aliphatic heterocycles. The Balaban J connectivity index is 0.000000331. The van der Waals surface area contributed by atoms with Crippen LogP contribution >= 0.6 is 47.8 Å². The molecule has 0 bridgehead atoms. The summed E-state index contributed by atoms with van der Waals surface area (Å²) in [6, 6.07) is 10.4. The quantitative estimate of drug-likeness (QED) is 0.356. The maximum atomic E-state index is 12.3. The zero-order valence-electron chi connectivity index (χ0n) is 19.4. The van der Waals surface area contributed by atoms with E-state index in [-0.39, 0.29) is 7.43 Å². The van der Waals surface area contributed by atoms with Gasteiger partial charge in [-0.1, -0.05) is 67.3 Å². The average Bonchev–Trinajstić information content (AvgIpc) is 2.92. The molecule has 2 aromatic carbocycles. The Labute approximate surface area is 230 Å². The summed E-state index contributed by atoms with van der Waals surface area (Å²) in [5.41, 5.74) is 0.698. The predicted octanol–water partition coefficient (Wildman–Crippen LogP) is 6.81. The third-order valence-electron chi connectivity index (χ3n) is 4.63. The number of hydrogen-bond donors (Lipinski definition) is 1. The van der Waals surface area contributed by atoms with Gasteiger partial charge >= 0.3 is 0 Å². The molecule has 34 heavy (non-hydrogen) atoms. The Kier molecular flexibility index (Phi) is 10.6. The van der Waals surface area contributed by atoms with E-state index in [1.807, 2.05) is 53.7 Å². The van der Waals surface area contributed by atoms with Crippen LogP contribution in [0, 0.1) is 0 Å². The van der Waals surface area contributed by atoms with Crippen molar-refractivity contribution in [2.75, 3.05) is 0 Å². The number of nitrogens with one attached hydrogen (secondary N) is 1. The molecule has 2 aromatic rings. The highest BCUT2D eigenvalue weighted by atomic mass is 79.9. The molecule has 0 saturated heterocycles. The molecule has 0 atom stereocenters. The Morgan fingerprint density at radius 1 is 0.971 bits per heavy atom. The number of fused-ring (bicyclic) bond motifs is 1. The zero-order valence-corrected chi connectivity index (χ0v) is 25.8. The third kappa shape index (κ3) is 7.36. The van der Waals surface area contributed by atoms with Crippen molar-refractivity contribution >= 4 is 67.8 Å². The van der Waals surface area contributed by atoms with Crippen LogP contribution < -0.4 is 4.72 Å². The van der Waals surface area contributed by atoms with Gasteiger partial charge in [0.05, 0.1) is 9.79 Å². The van der Waals surface area contributed by atoms with E-state index >= 15 is 0 Å². The lowest BCUT2D eigenvalue weighted by molar-refractivity contribution is 0.252. The lowest BCUT2D eigenvalue weighted by Crippen LogP contribution is -2.41. The van der Waals surface area contributed by atoms with E-state index in [2.05, 4.69) is 52.5 Å².